The van der Waals surface area contributed by atoms with E-state index in [1.165, 1.54) is 18.4 Å². The van der Waals surface area contributed by atoms with Crippen molar-refractivity contribution < 1.29 is 0 Å². The second-order valence-corrected chi connectivity index (χ2v) is 6.77. The molecule has 0 aliphatic carbocycles. The average molecular weight is 313 g/mol. The van der Waals surface area contributed by atoms with Crippen LogP contribution in [0.2, 0.25) is 0 Å². The number of hydrogen-bond acceptors (Lipinski definition) is 4. The second kappa shape index (κ2) is 12.2. The largest absolute Gasteiger partial charge is 0.155 e. The molecule has 0 saturated heterocycles. The van der Waals surface area contributed by atoms with Gasteiger partial charge in [0.15, 0.2) is 0 Å². The third kappa shape index (κ3) is 9.32. The van der Waals surface area contributed by atoms with Crippen molar-refractivity contribution in [1.29, 1.82) is 0 Å². The Morgan fingerprint density at radius 3 is 2.50 bits per heavy atom. The Labute approximate surface area is 132 Å². The van der Waals surface area contributed by atoms with Gasteiger partial charge in [-0.3, -0.25) is 0 Å². The molecule has 0 fully saturated rings. The number of thiophene rings is 1. The predicted octanol–water partition coefficient (Wildman–Crippen LogP) is 6.09. The van der Waals surface area contributed by atoms with Crippen LogP contribution in [-0.4, -0.2) is 16.5 Å². The molecular weight excluding hydrogens is 284 g/mol. The standard InChI is InChI=1S/C14H22N2S2.C2H6/c1-11(2)6-5-8-18-13(4)16-15-12(3)14-7-9-17-10-14;1-2/h7,9-11H,5-6,8H2,1-4H3;1-2H3/b15-12+,16-13+;. The van der Waals surface area contributed by atoms with E-state index in [0.29, 0.717) is 0 Å². The highest BCUT2D eigenvalue weighted by Crippen LogP contribution is 2.12. The fourth-order valence-corrected chi connectivity index (χ4v) is 2.82. The molecule has 0 N–H and O–H groups in total. The molecule has 0 aromatic carbocycles. The number of rotatable bonds is 6. The summed E-state index contributed by atoms with van der Waals surface area (Å²) in [6, 6.07) is 2.07. The summed E-state index contributed by atoms with van der Waals surface area (Å²) in [4.78, 5) is 0. The zero-order valence-corrected chi connectivity index (χ0v) is 15.3. The second-order valence-electron chi connectivity index (χ2n) is 4.70. The van der Waals surface area contributed by atoms with Gasteiger partial charge >= 0.3 is 0 Å². The van der Waals surface area contributed by atoms with E-state index < -0.39 is 0 Å². The predicted molar refractivity (Wildman–Crippen MR) is 97.5 cm³/mol. The van der Waals surface area contributed by atoms with Gasteiger partial charge < -0.3 is 0 Å². The Bertz CT molecular complexity index is 393. The van der Waals surface area contributed by atoms with Crippen LogP contribution in [0.25, 0.3) is 0 Å². The maximum absolute atomic E-state index is 4.27. The van der Waals surface area contributed by atoms with E-state index in [2.05, 4.69) is 40.9 Å². The van der Waals surface area contributed by atoms with Crippen molar-refractivity contribution in [3.63, 3.8) is 0 Å². The van der Waals surface area contributed by atoms with Gasteiger partial charge in [0.2, 0.25) is 0 Å². The molecule has 2 nitrogen and oxygen atoms in total. The van der Waals surface area contributed by atoms with Crippen LogP contribution in [0.3, 0.4) is 0 Å². The van der Waals surface area contributed by atoms with Crippen molar-refractivity contribution in [3.05, 3.63) is 22.4 Å². The van der Waals surface area contributed by atoms with Gasteiger partial charge in [-0.1, -0.05) is 34.1 Å². The molecule has 20 heavy (non-hydrogen) atoms. The van der Waals surface area contributed by atoms with Crippen molar-refractivity contribution in [2.75, 3.05) is 5.75 Å². The highest BCUT2D eigenvalue weighted by atomic mass is 32.2. The topological polar surface area (TPSA) is 24.7 Å². The number of thioether (sulfide) groups is 1. The van der Waals surface area contributed by atoms with Gasteiger partial charge in [0.05, 0.1) is 10.8 Å². The Morgan fingerprint density at radius 1 is 1.25 bits per heavy atom. The Balaban J connectivity index is 0.00000172. The van der Waals surface area contributed by atoms with Crippen molar-refractivity contribution in [3.8, 4) is 0 Å². The molecule has 1 rings (SSSR count). The molecule has 1 aromatic heterocycles. The van der Waals surface area contributed by atoms with Gasteiger partial charge in [-0.15, -0.1) is 16.9 Å². The van der Waals surface area contributed by atoms with E-state index in [0.717, 1.165) is 22.4 Å². The molecule has 0 saturated carbocycles. The lowest BCUT2D eigenvalue weighted by atomic mass is 10.1. The molecule has 0 aliphatic rings. The lowest BCUT2D eigenvalue weighted by molar-refractivity contribution is 0.579. The summed E-state index contributed by atoms with van der Waals surface area (Å²) in [5.74, 6) is 1.93. The summed E-state index contributed by atoms with van der Waals surface area (Å²) >= 11 is 3.49. The van der Waals surface area contributed by atoms with Gasteiger partial charge in [-0.25, -0.2) is 0 Å². The van der Waals surface area contributed by atoms with Gasteiger partial charge in [-0.2, -0.15) is 16.4 Å². The monoisotopic (exact) mass is 312 g/mol. The van der Waals surface area contributed by atoms with Gasteiger partial charge in [-0.05, 0) is 48.8 Å². The lowest BCUT2D eigenvalue weighted by Crippen LogP contribution is -1.93. The van der Waals surface area contributed by atoms with Gasteiger partial charge in [0, 0.05) is 5.56 Å². The normalized spacial score (nSPS) is 12.3. The van der Waals surface area contributed by atoms with Crippen LogP contribution >= 0.6 is 23.1 Å². The van der Waals surface area contributed by atoms with Crippen molar-refractivity contribution in [1.82, 2.24) is 0 Å². The third-order valence-electron chi connectivity index (χ3n) is 2.52. The molecular formula is C16H28N2S2. The van der Waals surface area contributed by atoms with Crippen LogP contribution < -0.4 is 0 Å². The summed E-state index contributed by atoms with van der Waals surface area (Å²) in [5.41, 5.74) is 2.15. The van der Waals surface area contributed by atoms with E-state index in [4.69, 9.17) is 0 Å². The third-order valence-corrected chi connectivity index (χ3v) is 4.19. The molecule has 0 radical (unpaired) electrons. The summed E-state index contributed by atoms with van der Waals surface area (Å²) in [6.07, 6.45) is 2.54. The zero-order chi connectivity index (χ0) is 15.4. The van der Waals surface area contributed by atoms with Crippen molar-refractivity contribution in [2.45, 2.75) is 54.4 Å². The molecule has 0 unspecified atom stereocenters. The summed E-state index contributed by atoms with van der Waals surface area (Å²) in [5, 5.41) is 13.7. The van der Waals surface area contributed by atoms with Crippen LogP contribution in [0.1, 0.15) is 59.9 Å². The van der Waals surface area contributed by atoms with Crippen molar-refractivity contribution in [2.24, 2.45) is 16.1 Å². The minimum atomic E-state index is 0.793. The molecule has 0 atom stereocenters. The summed E-state index contributed by atoms with van der Waals surface area (Å²) < 4.78 is 0. The Hall–Kier alpha value is -0.610. The fraction of sp³-hybridized carbons (Fsp3) is 0.625. The first-order valence-electron chi connectivity index (χ1n) is 7.34. The zero-order valence-electron chi connectivity index (χ0n) is 13.6. The van der Waals surface area contributed by atoms with Crippen LogP contribution in [0, 0.1) is 5.92 Å². The maximum atomic E-state index is 4.27. The molecule has 114 valence electrons. The first-order valence-corrected chi connectivity index (χ1v) is 9.26. The Kier molecular flexibility index (Phi) is 11.8. The number of hydrogen-bond donors (Lipinski definition) is 0. The van der Waals surface area contributed by atoms with Crippen molar-refractivity contribution >= 4 is 33.9 Å². The lowest BCUT2D eigenvalue weighted by Gasteiger charge is -2.03. The summed E-state index contributed by atoms with van der Waals surface area (Å²) in [7, 11) is 0. The minimum absolute atomic E-state index is 0.793. The van der Waals surface area contributed by atoms with E-state index >= 15 is 0 Å². The average Bonchev–Trinajstić information content (AvgIpc) is 2.97. The van der Waals surface area contributed by atoms with E-state index in [9.17, 15) is 0 Å². The molecule has 0 amide bonds. The fourth-order valence-electron chi connectivity index (χ4n) is 1.41. The first-order chi connectivity index (χ1) is 9.59. The Morgan fingerprint density at radius 2 is 1.95 bits per heavy atom. The number of nitrogens with zero attached hydrogens (tertiary/aromatic N) is 2. The molecule has 1 aromatic rings. The minimum Gasteiger partial charge on any atom is -0.155 e. The molecule has 0 spiro atoms. The van der Waals surface area contributed by atoms with Crippen LogP contribution in [-0.2, 0) is 0 Å². The maximum Gasteiger partial charge on any atom is 0.0927 e. The highest BCUT2D eigenvalue weighted by Gasteiger charge is 1.98. The van der Waals surface area contributed by atoms with E-state index in [1.54, 1.807) is 23.1 Å². The quantitative estimate of drug-likeness (QED) is 0.270. The van der Waals surface area contributed by atoms with E-state index in [-0.39, 0.29) is 0 Å². The molecule has 1 heterocycles. The van der Waals surface area contributed by atoms with Crippen LogP contribution in [0.15, 0.2) is 27.0 Å². The van der Waals surface area contributed by atoms with Gasteiger partial charge in [0.25, 0.3) is 0 Å². The van der Waals surface area contributed by atoms with Gasteiger partial charge in [0.1, 0.15) is 0 Å². The molecule has 4 heteroatoms. The first kappa shape index (κ1) is 19.4. The van der Waals surface area contributed by atoms with E-state index in [1.807, 2.05) is 27.7 Å². The smallest absolute Gasteiger partial charge is 0.0927 e. The van der Waals surface area contributed by atoms with Crippen LogP contribution in [0.5, 0.6) is 0 Å². The SMILES string of the molecule is C/C(=N\N=C(/C)c1ccsc1)SCCCC(C)C.CC. The van der Waals surface area contributed by atoms with Crippen LogP contribution in [0.4, 0.5) is 0 Å². The summed E-state index contributed by atoms with van der Waals surface area (Å²) in [6.45, 7) is 12.6. The highest BCUT2D eigenvalue weighted by molar-refractivity contribution is 8.13. The molecule has 0 bridgehead atoms. The molecule has 0 aliphatic heterocycles.